The summed E-state index contributed by atoms with van der Waals surface area (Å²) >= 11 is 0. The van der Waals surface area contributed by atoms with Crippen LogP contribution in [0.1, 0.15) is 44.6 Å². The molecule has 1 aromatic rings. The summed E-state index contributed by atoms with van der Waals surface area (Å²) in [5.74, 6) is 1.34. The first kappa shape index (κ1) is 12.6. The Kier molecular flexibility index (Phi) is 4.89. The summed E-state index contributed by atoms with van der Waals surface area (Å²) in [6, 6.07) is 1.83. The van der Waals surface area contributed by atoms with Gasteiger partial charge in [-0.25, -0.2) is 9.97 Å². The van der Waals surface area contributed by atoms with Crippen LogP contribution >= 0.6 is 0 Å². The van der Waals surface area contributed by atoms with E-state index >= 15 is 0 Å². The molecular formula is C12H19N3O. The first-order valence-electron chi connectivity index (χ1n) is 5.80. The molecule has 1 rings (SSSR count). The molecule has 0 radical (unpaired) electrons. The van der Waals surface area contributed by atoms with Crippen LogP contribution < -0.4 is 5.32 Å². The van der Waals surface area contributed by atoms with Gasteiger partial charge in [-0.3, -0.25) is 4.79 Å². The third kappa shape index (κ3) is 3.96. The Bertz CT molecular complexity index is 363. The highest BCUT2D eigenvalue weighted by Gasteiger charge is 2.04. The fourth-order valence-electron chi connectivity index (χ4n) is 1.42. The molecule has 0 saturated heterocycles. The molecule has 4 heteroatoms. The van der Waals surface area contributed by atoms with Gasteiger partial charge in [0.05, 0.1) is 0 Å². The monoisotopic (exact) mass is 221 g/mol. The zero-order valence-corrected chi connectivity index (χ0v) is 10.2. The third-order valence-corrected chi connectivity index (χ3v) is 2.28. The van der Waals surface area contributed by atoms with Crippen molar-refractivity contribution >= 4 is 11.7 Å². The highest BCUT2D eigenvalue weighted by atomic mass is 16.1. The number of carbonyl (C=O) groups excluding carboxylic acids is 1. The van der Waals surface area contributed by atoms with Crippen LogP contribution in [0.15, 0.2) is 6.07 Å². The lowest BCUT2D eigenvalue weighted by atomic mass is 10.2. The van der Waals surface area contributed by atoms with E-state index in [-0.39, 0.29) is 5.91 Å². The maximum absolute atomic E-state index is 11.5. The molecule has 0 aliphatic rings. The predicted octanol–water partition coefficient (Wildman–Crippen LogP) is 2.48. The summed E-state index contributed by atoms with van der Waals surface area (Å²) in [6.07, 6.45) is 3.34. The lowest BCUT2D eigenvalue weighted by Crippen LogP contribution is -2.13. The minimum absolute atomic E-state index is 0.0296. The smallest absolute Gasteiger partial charge is 0.225 e. The molecule has 0 bridgehead atoms. The predicted molar refractivity (Wildman–Crippen MR) is 64.3 cm³/mol. The van der Waals surface area contributed by atoms with Crippen molar-refractivity contribution < 1.29 is 4.79 Å². The topological polar surface area (TPSA) is 54.9 Å². The van der Waals surface area contributed by atoms with Crippen LogP contribution in [0.25, 0.3) is 0 Å². The maximum Gasteiger partial charge on any atom is 0.225 e. The molecule has 0 aliphatic heterocycles. The molecule has 0 aliphatic carbocycles. The van der Waals surface area contributed by atoms with Gasteiger partial charge in [0, 0.05) is 18.2 Å². The number of nitrogens with one attached hydrogen (secondary N) is 1. The third-order valence-electron chi connectivity index (χ3n) is 2.28. The van der Waals surface area contributed by atoms with Gasteiger partial charge < -0.3 is 5.32 Å². The number of carbonyl (C=O) groups is 1. The van der Waals surface area contributed by atoms with Gasteiger partial charge in [-0.05, 0) is 19.8 Å². The number of anilines is 1. The van der Waals surface area contributed by atoms with E-state index in [4.69, 9.17) is 0 Å². The van der Waals surface area contributed by atoms with Gasteiger partial charge in [-0.1, -0.05) is 20.3 Å². The van der Waals surface area contributed by atoms with Crippen LogP contribution in [0.5, 0.6) is 0 Å². The van der Waals surface area contributed by atoms with Crippen molar-refractivity contribution in [3.05, 3.63) is 17.6 Å². The number of rotatable bonds is 5. The summed E-state index contributed by atoms with van der Waals surface area (Å²) in [6.45, 7) is 5.93. The van der Waals surface area contributed by atoms with E-state index in [0.29, 0.717) is 18.1 Å². The van der Waals surface area contributed by atoms with Crippen LogP contribution in [0.2, 0.25) is 0 Å². The molecular weight excluding hydrogens is 202 g/mol. The molecule has 0 saturated carbocycles. The van der Waals surface area contributed by atoms with Gasteiger partial charge in [0.1, 0.15) is 11.6 Å². The van der Waals surface area contributed by atoms with Gasteiger partial charge in [-0.2, -0.15) is 0 Å². The van der Waals surface area contributed by atoms with E-state index in [9.17, 15) is 4.79 Å². The summed E-state index contributed by atoms with van der Waals surface area (Å²) in [4.78, 5) is 20.0. The molecule has 0 aromatic carbocycles. The van der Waals surface area contributed by atoms with Crippen molar-refractivity contribution in [2.75, 3.05) is 5.32 Å². The number of hydrogen-bond donors (Lipinski definition) is 1. The van der Waals surface area contributed by atoms with Gasteiger partial charge >= 0.3 is 0 Å². The van der Waals surface area contributed by atoms with Gasteiger partial charge in [0.15, 0.2) is 0 Å². The normalized spacial score (nSPS) is 10.2. The van der Waals surface area contributed by atoms with Crippen molar-refractivity contribution in [1.82, 2.24) is 9.97 Å². The SMILES string of the molecule is CCCCC(=O)Nc1cc(CC)nc(C)n1. The fourth-order valence-corrected chi connectivity index (χ4v) is 1.42. The van der Waals surface area contributed by atoms with Crippen molar-refractivity contribution in [2.24, 2.45) is 0 Å². The van der Waals surface area contributed by atoms with Crippen LogP contribution in [0.4, 0.5) is 5.82 Å². The Hall–Kier alpha value is -1.45. The molecule has 88 valence electrons. The zero-order valence-electron chi connectivity index (χ0n) is 10.2. The van der Waals surface area contributed by atoms with E-state index in [0.717, 1.165) is 25.0 Å². The minimum Gasteiger partial charge on any atom is -0.311 e. The number of aryl methyl sites for hydroxylation is 2. The number of amides is 1. The minimum atomic E-state index is 0.0296. The summed E-state index contributed by atoms with van der Waals surface area (Å²) < 4.78 is 0. The van der Waals surface area contributed by atoms with E-state index < -0.39 is 0 Å². The van der Waals surface area contributed by atoms with Crippen LogP contribution in [0.3, 0.4) is 0 Å². The quantitative estimate of drug-likeness (QED) is 0.831. The lowest BCUT2D eigenvalue weighted by Gasteiger charge is -2.06. The van der Waals surface area contributed by atoms with Crippen molar-refractivity contribution in [2.45, 2.75) is 46.5 Å². The second-order valence-corrected chi connectivity index (χ2v) is 3.80. The Balaban J connectivity index is 2.65. The van der Waals surface area contributed by atoms with E-state index in [2.05, 4.69) is 22.2 Å². The summed E-state index contributed by atoms with van der Waals surface area (Å²) in [5.41, 5.74) is 0.957. The Morgan fingerprint density at radius 1 is 1.38 bits per heavy atom. The molecule has 0 atom stereocenters. The van der Waals surface area contributed by atoms with Crippen LogP contribution in [0, 0.1) is 6.92 Å². The first-order chi connectivity index (χ1) is 7.65. The van der Waals surface area contributed by atoms with Crippen molar-refractivity contribution in [3.8, 4) is 0 Å². The number of hydrogen-bond acceptors (Lipinski definition) is 3. The molecule has 1 N–H and O–H groups in total. The maximum atomic E-state index is 11.5. The Morgan fingerprint density at radius 3 is 2.75 bits per heavy atom. The number of nitrogens with zero attached hydrogens (tertiary/aromatic N) is 2. The Labute approximate surface area is 96.5 Å². The number of unbranched alkanes of at least 4 members (excludes halogenated alkanes) is 1. The summed E-state index contributed by atoms with van der Waals surface area (Å²) in [5, 5.41) is 2.80. The molecule has 0 unspecified atom stereocenters. The van der Waals surface area contributed by atoms with Gasteiger partial charge in [0.25, 0.3) is 0 Å². The van der Waals surface area contributed by atoms with Crippen LogP contribution in [-0.2, 0) is 11.2 Å². The molecule has 0 fully saturated rings. The Morgan fingerprint density at radius 2 is 2.12 bits per heavy atom. The standard InChI is InChI=1S/C12H19N3O/c1-4-6-7-12(16)15-11-8-10(5-2)13-9(3)14-11/h8H,4-7H2,1-3H3,(H,13,14,15,16). The van der Waals surface area contributed by atoms with Crippen molar-refractivity contribution in [3.63, 3.8) is 0 Å². The zero-order chi connectivity index (χ0) is 12.0. The molecule has 1 aromatic heterocycles. The number of aromatic nitrogens is 2. The average molecular weight is 221 g/mol. The second kappa shape index (κ2) is 6.20. The summed E-state index contributed by atoms with van der Waals surface area (Å²) in [7, 11) is 0. The van der Waals surface area contributed by atoms with E-state index in [1.54, 1.807) is 0 Å². The van der Waals surface area contributed by atoms with E-state index in [1.807, 2.05) is 19.9 Å². The fraction of sp³-hybridized carbons (Fsp3) is 0.583. The highest BCUT2D eigenvalue weighted by Crippen LogP contribution is 2.08. The van der Waals surface area contributed by atoms with Gasteiger partial charge in [0.2, 0.25) is 5.91 Å². The molecule has 16 heavy (non-hydrogen) atoms. The van der Waals surface area contributed by atoms with E-state index in [1.165, 1.54) is 0 Å². The molecule has 1 amide bonds. The second-order valence-electron chi connectivity index (χ2n) is 3.80. The van der Waals surface area contributed by atoms with Gasteiger partial charge in [-0.15, -0.1) is 0 Å². The van der Waals surface area contributed by atoms with Crippen LogP contribution in [-0.4, -0.2) is 15.9 Å². The molecule has 0 spiro atoms. The lowest BCUT2D eigenvalue weighted by molar-refractivity contribution is -0.116. The average Bonchev–Trinajstić information content (AvgIpc) is 2.25. The largest absolute Gasteiger partial charge is 0.311 e. The van der Waals surface area contributed by atoms with Crippen molar-refractivity contribution in [1.29, 1.82) is 0 Å². The molecule has 1 heterocycles. The molecule has 4 nitrogen and oxygen atoms in total. The first-order valence-corrected chi connectivity index (χ1v) is 5.80. The highest BCUT2D eigenvalue weighted by molar-refractivity contribution is 5.89.